The Morgan fingerprint density at radius 2 is 1.55 bits per heavy atom. The summed E-state index contributed by atoms with van der Waals surface area (Å²) in [6.45, 7) is 6.97. The van der Waals surface area contributed by atoms with Crippen LogP contribution in [-0.2, 0) is 10.0 Å². The smallest absolute Gasteiger partial charge is 0.270 e. The number of rotatable bonds is 3. The van der Waals surface area contributed by atoms with E-state index in [0.717, 1.165) is 27.6 Å². The number of amides is 1. The van der Waals surface area contributed by atoms with Crippen molar-refractivity contribution in [3.05, 3.63) is 64.8 Å². The molecule has 1 aliphatic heterocycles. The first-order valence-corrected chi connectivity index (χ1v) is 11.2. The second kappa shape index (κ2) is 7.31. The number of H-pyrrole nitrogens is 1. The van der Waals surface area contributed by atoms with Gasteiger partial charge in [0.05, 0.1) is 4.90 Å². The van der Waals surface area contributed by atoms with Crippen molar-refractivity contribution < 1.29 is 13.2 Å². The minimum atomic E-state index is -3.59. The molecule has 1 saturated heterocycles. The third-order valence-electron chi connectivity index (χ3n) is 5.49. The van der Waals surface area contributed by atoms with Crippen LogP contribution >= 0.6 is 0 Å². The Bertz CT molecular complexity index is 1130. The molecule has 0 spiro atoms. The van der Waals surface area contributed by atoms with E-state index in [0.29, 0.717) is 36.8 Å². The molecule has 29 heavy (non-hydrogen) atoms. The zero-order valence-corrected chi connectivity index (χ0v) is 17.7. The van der Waals surface area contributed by atoms with E-state index in [1.54, 1.807) is 4.90 Å². The van der Waals surface area contributed by atoms with Gasteiger partial charge < -0.3 is 9.88 Å². The molecule has 1 amide bonds. The van der Waals surface area contributed by atoms with Crippen molar-refractivity contribution in [1.82, 2.24) is 14.2 Å². The number of piperazine rings is 1. The van der Waals surface area contributed by atoms with E-state index in [9.17, 15) is 13.2 Å². The molecule has 1 N–H and O–H groups in total. The van der Waals surface area contributed by atoms with Gasteiger partial charge in [-0.15, -0.1) is 0 Å². The minimum absolute atomic E-state index is 0.0963. The van der Waals surface area contributed by atoms with E-state index in [2.05, 4.69) is 4.98 Å². The highest BCUT2D eigenvalue weighted by Crippen LogP contribution is 2.26. The summed E-state index contributed by atoms with van der Waals surface area (Å²) >= 11 is 0. The molecule has 6 nitrogen and oxygen atoms in total. The van der Waals surface area contributed by atoms with Crippen molar-refractivity contribution >= 4 is 26.8 Å². The number of aromatic amines is 1. The van der Waals surface area contributed by atoms with Gasteiger partial charge in [-0.1, -0.05) is 35.9 Å². The summed E-state index contributed by atoms with van der Waals surface area (Å²) in [5.74, 6) is -0.0963. The lowest BCUT2D eigenvalue weighted by Gasteiger charge is -2.34. The number of carbonyl (C=O) groups excluding carboxylic acids is 1. The largest absolute Gasteiger partial charge is 0.351 e. The fraction of sp³-hybridized carbons (Fsp3) is 0.318. The van der Waals surface area contributed by atoms with Crippen LogP contribution in [0.1, 0.15) is 27.2 Å². The monoisotopic (exact) mass is 411 g/mol. The zero-order chi connectivity index (χ0) is 20.8. The summed E-state index contributed by atoms with van der Waals surface area (Å²) in [6.07, 6.45) is 0. The molecule has 152 valence electrons. The zero-order valence-electron chi connectivity index (χ0n) is 16.9. The Kier molecular flexibility index (Phi) is 4.96. The molecule has 2 aromatic carbocycles. The average Bonchev–Trinajstić information content (AvgIpc) is 3.10. The van der Waals surface area contributed by atoms with E-state index in [4.69, 9.17) is 0 Å². The van der Waals surface area contributed by atoms with Crippen molar-refractivity contribution in [2.24, 2.45) is 0 Å². The van der Waals surface area contributed by atoms with Crippen LogP contribution in [-0.4, -0.2) is 54.7 Å². The van der Waals surface area contributed by atoms with Gasteiger partial charge in [-0.25, -0.2) is 8.42 Å². The molecule has 2 heterocycles. The minimum Gasteiger partial charge on any atom is -0.351 e. The number of para-hydroxylation sites is 1. The van der Waals surface area contributed by atoms with Crippen LogP contribution in [0.5, 0.6) is 0 Å². The molecule has 0 saturated carbocycles. The van der Waals surface area contributed by atoms with Crippen LogP contribution in [0.4, 0.5) is 0 Å². The molecule has 1 aliphatic rings. The van der Waals surface area contributed by atoms with E-state index < -0.39 is 10.0 Å². The van der Waals surface area contributed by atoms with Crippen LogP contribution in [0.15, 0.2) is 47.4 Å². The third kappa shape index (κ3) is 3.56. The number of nitrogens with zero attached hydrogens (tertiary/aromatic N) is 2. The normalized spacial score (nSPS) is 15.8. The van der Waals surface area contributed by atoms with Gasteiger partial charge in [-0.3, -0.25) is 4.79 Å². The molecule has 0 aliphatic carbocycles. The predicted molar refractivity (Wildman–Crippen MR) is 114 cm³/mol. The first-order chi connectivity index (χ1) is 13.8. The van der Waals surface area contributed by atoms with Crippen LogP contribution in [0, 0.1) is 20.8 Å². The van der Waals surface area contributed by atoms with Gasteiger partial charge in [0.15, 0.2) is 0 Å². The van der Waals surface area contributed by atoms with Gasteiger partial charge in [0.25, 0.3) is 5.91 Å². The summed E-state index contributed by atoms with van der Waals surface area (Å²) in [6, 6.07) is 13.4. The fourth-order valence-corrected chi connectivity index (χ4v) is 6.03. The van der Waals surface area contributed by atoms with Crippen molar-refractivity contribution in [2.45, 2.75) is 25.7 Å². The van der Waals surface area contributed by atoms with Gasteiger partial charge in [-0.05, 0) is 44.0 Å². The quantitative estimate of drug-likeness (QED) is 0.719. The Balaban J connectivity index is 1.51. The van der Waals surface area contributed by atoms with Crippen molar-refractivity contribution in [3.8, 4) is 0 Å². The van der Waals surface area contributed by atoms with Crippen molar-refractivity contribution in [1.29, 1.82) is 0 Å². The molecule has 1 aromatic heterocycles. The van der Waals surface area contributed by atoms with Crippen LogP contribution < -0.4 is 0 Å². The van der Waals surface area contributed by atoms with Gasteiger partial charge >= 0.3 is 0 Å². The highest BCUT2D eigenvalue weighted by Gasteiger charge is 2.32. The van der Waals surface area contributed by atoms with Crippen molar-refractivity contribution in [3.63, 3.8) is 0 Å². The highest BCUT2D eigenvalue weighted by molar-refractivity contribution is 7.89. The molecule has 3 aromatic rings. The number of hydrogen-bond acceptors (Lipinski definition) is 3. The van der Waals surface area contributed by atoms with E-state index in [1.165, 1.54) is 4.31 Å². The maximum atomic E-state index is 13.2. The molecule has 0 bridgehead atoms. The summed E-state index contributed by atoms with van der Waals surface area (Å²) in [5.41, 5.74) is 4.03. The number of sulfonamides is 1. The highest BCUT2D eigenvalue weighted by atomic mass is 32.2. The maximum absolute atomic E-state index is 13.2. The lowest BCUT2D eigenvalue weighted by Crippen LogP contribution is -2.50. The Hall–Kier alpha value is -2.64. The average molecular weight is 412 g/mol. The summed E-state index contributed by atoms with van der Waals surface area (Å²) in [4.78, 5) is 18.1. The van der Waals surface area contributed by atoms with E-state index in [-0.39, 0.29) is 5.91 Å². The van der Waals surface area contributed by atoms with Crippen LogP contribution in [0.3, 0.4) is 0 Å². The van der Waals surface area contributed by atoms with Crippen LogP contribution in [0.2, 0.25) is 0 Å². The van der Waals surface area contributed by atoms with Gasteiger partial charge in [0.2, 0.25) is 10.0 Å². The second-order valence-corrected chi connectivity index (χ2v) is 9.57. The molecule has 0 radical (unpaired) electrons. The topological polar surface area (TPSA) is 73.5 Å². The fourth-order valence-electron chi connectivity index (χ4n) is 4.19. The van der Waals surface area contributed by atoms with Gasteiger partial charge in [0, 0.05) is 37.1 Å². The molecule has 0 atom stereocenters. The second-order valence-electron chi connectivity index (χ2n) is 7.69. The molecule has 0 unspecified atom stereocenters. The first-order valence-electron chi connectivity index (χ1n) is 9.72. The summed E-state index contributed by atoms with van der Waals surface area (Å²) in [5, 5.41) is 0.988. The summed E-state index contributed by atoms with van der Waals surface area (Å²) in [7, 11) is -3.59. The van der Waals surface area contributed by atoms with E-state index >= 15 is 0 Å². The molecule has 7 heteroatoms. The molecule has 4 rings (SSSR count). The number of aryl methyl sites for hydroxylation is 3. The number of nitrogens with one attached hydrogen (secondary N) is 1. The number of carbonyl (C=O) groups is 1. The van der Waals surface area contributed by atoms with Crippen molar-refractivity contribution in [2.75, 3.05) is 26.2 Å². The number of aromatic nitrogens is 1. The van der Waals surface area contributed by atoms with Crippen LogP contribution in [0.25, 0.3) is 10.9 Å². The third-order valence-corrected chi connectivity index (χ3v) is 7.69. The number of benzene rings is 2. The SMILES string of the molecule is Cc1cc(C)c(S(=O)(=O)N2CCN(C(=O)c3cc4ccccc4[nH]3)CC2)c(C)c1. The Labute approximate surface area is 171 Å². The molecule has 1 fully saturated rings. The molecular weight excluding hydrogens is 386 g/mol. The first kappa shape index (κ1) is 19.7. The maximum Gasteiger partial charge on any atom is 0.270 e. The molecular formula is C22H25N3O3S. The van der Waals surface area contributed by atoms with E-state index in [1.807, 2.05) is 63.2 Å². The summed E-state index contributed by atoms with van der Waals surface area (Å²) < 4.78 is 27.9. The van der Waals surface area contributed by atoms with Gasteiger partial charge in [-0.2, -0.15) is 4.31 Å². The Morgan fingerprint density at radius 3 is 2.17 bits per heavy atom. The predicted octanol–water partition coefficient (Wildman–Crippen LogP) is 3.24. The lowest BCUT2D eigenvalue weighted by atomic mass is 10.1. The van der Waals surface area contributed by atoms with Gasteiger partial charge in [0.1, 0.15) is 5.69 Å². The standard InChI is InChI=1S/C22H25N3O3S/c1-15-12-16(2)21(17(3)13-15)29(27,28)25-10-8-24(9-11-25)22(26)20-14-18-6-4-5-7-19(18)23-20/h4-7,12-14,23H,8-11H2,1-3H3. The lowest BCUT2D eigenvalue weighted by molar-refractivity contribution is 0.0693. The number of fused-ring (bicyclic) bond motifs is 1. The Morgan fingerprint density at radius 1 is 0.931 bits per heavy atom. The number of hydrogen-bond donors (Lipinski definition) is 1.